The average Bonchev–Trinajstić information content (AvgIpc) is 2.90. The van der Waals surface area contributed by atoms with Gasteiger partial charge >= 0.3 is 0 Å². The number of furan rings is 1. The molecule has 2 rings (SSSR count). The van der Waals surface area contributed by atoms with Gasteiger partial charge < -0.3 is 9.32 Å². The number of carbonyl (C=O) groups is 1. The fraction of sp³-hybridized carbons (Fsp3) is 0.143. The zero-order chi connectivity index (χ0) is 13.0. The summed E-state index contributed by atoms with van der Waals surface area (Å²) in [5.74, 6) is -0.117. The number of nitrogens with zero attached hydrogens (tertiary/aromatic N) is 2. The van der Waals surface area contributed by atoms with E-state index in [1.165, 1.54) is 0 Å². The Kier molecular flexibility index (Phi) is 3.44. The molecule has 0 fully saturated rings. The predicted molar refractivity (Wildman–Crippen MR) is 65.7 cm³/mol. The van der Waals surface area contributed by atoms with E-state index in [0.29, 0.717) is 17.7 Å². The zero-order valence-electron chi connectivity index (χ0n) is 9.96. The van der Waals surface area contributed by atoms with Crippen molar-refractivity contribution in [3.05, 3.63) is 59.5 Å². The Morgan fingerprint density at radius 3 is 2.94 bits per heavy atom. The molecule has 1 aromatic heterocycles. The largest absolute Gasteiger partial charge is 0.472 e. The summed E-state index contributed by atoms with van der Waals surface area (Å²) in [7, 11) is 1.72. The van der Waals surface area contributed by atoms with Gasteiger partial charge in [0.05, 0.1) is 24.2 Å². The molecule has 90 valence electrons. The second-order valence-corrected chi connectivity index (χ2v) is 3.99. The van der Waals surface area contributed by atoms with Crippen LogP contribution < -0.4 is 0 Å². The topological polar surface area (TPSA) is 57.2 Å². The highest BCUT2D eigenvalue weighted by atomic mass is 16.3. The van der Waals surface area contributed by atoms with Gasteiger partial charge in [0.15, 0.2) is 0 Å². The summed E-state index contributed by atoms with van der Waals surface area (Å²) in [6.07, 6.45) is 3.18. The van der Waals surface area contributed by atoms with Gasteiger partial charge in [0.1, 0.15) is 0 Å². The average molecular weight is 240 g/mol. The molecule has 0 bridgehead atoms. The van der Waals surface area contributed by atoms with E-state index in [0.717, 1.165) is 5.56 Å². The normalized spacial score (nSPS) is 9.78. The molecule has 0 unspecified atom stereocenters. The molecular weight excluding hydrogens is 228 g/mol. The lowest BCUT2D eigenvalue weighted by molar-refractivity contribution is 0.0785. The third-order valence-electron chi connectivity index (χ3n) is 2.59. The number of amides is 1. The van der Waals surface area contributed by atoms with E-state index >= 15 is 0 Å². The van der Waals surface area contributed by atoms with Gasteiger partial charge in [0, 0.05) is 24.7 Å². The summed E-state index contributed by atoms with van der Waals surface area (Å²) in [5, 5.41) is 8.80. The van der Waals surface area contributed by atoms with Crippen molar-refractivity contribution in [3.8, 4) is 6.07 Å². The summed E-state index contributed by atoms with van der Waals surface area (Å²) < 4.78 is 4.96. The van der Waals surface area contributed by atoms with Crippen molar-refractivity contribution in [2.75, 3.05) is 7.05 Å². The Labute approximate surface area is 105 Å². The predicted octanol–water partition coefficient (Wildman–Crippen LogP) is 2.42. The molecule has 0 radical (unpaired) electrons. The molecule has 4 nitrogen and oxygen atoms in total. The first kappa shape index (κ1) is 11.9. The van der Waals surface area contributed by atoms with Gasteiger partial charge in [0.25, 0.3) is 5.91 Å². The second kappa shape index (κ2) is 5.19. The zero-order valence-corrected chi connectivity index (χ0v) is 9.96. The van der Waals surface area contributed by atoms with Crippen LogP contribution in [-0.2, 0) is 6.54 Å². The third-order valence-corrected chi connectivity index (χ3v) is 2.59. The second-order valence-electron chi connectivity index (χ2n) is 3.99. The van der Waals surface area contributed by atoms with Crippen LogP contribution in [0.5, 0.6) is 0 Å². The van der Waals surface area contributed by atoms with E-state index in [1.54, 1.807) is 48.7 Å². The van der Waals surface area contributed by atoms with Crippen molar-refractivity contribution in [3.63, 3.8) is 0 Å². The number of nitriles is 1. The van der Waals surface area contributed by atoms with Crippen LogP contribution in [0.25, 0.3) is 0 Å². The van der Waals surface area contributed by atoms with E-state index in [2.05, 4.69) is 0 Å². The first-order chi connectivity index (χ1) is 8.70. The summed E-state index contributed by atoms with van der Waals surface area (Å²) in [6, 6.07) is 10.5. The van der Waals surface area contributed by atoms with Crippen molar-refractivity contribution in [2.45, 2.75) is 6.54 Å². The van der Waals surface area contributed by atoms with Crippen LogP contribution in [0.4, 0.5) is 0 Å². The van der Waals surface area contributed by atoms with E-state index in [4.69, 9.17) is 9.68 Å². The maximum Gasteiger partial charge on any atom is 0.253 e. The van der Waals surface area contributed by atoms with Crippen LogP contribution in [0.15, 0.2) is 47.3 Å². The maximum absolute atomic E-state index is 12.1. The molecule has 0 atom stereocenters. The van der Waals surface area contributed by atoms with E-state index in [-0.39, 0.29) is 5.91 Å². The molecule has 18 heavy (non-hydrogen) atoms. The first-order valence-electron chi connectivity index (χ1n) is 5.47. The van der Waals surface area contributed by atoms with Crippen LogP contribution in [0.3, 0.4) is 0 Å². The van der Waals surface area contributed by atoms with Gasteiger partial charge in [-0.3, -0.25) is 4.79 Å². The Hall–Kier alpha value is -2.54. The molecule has 4 heteroatoms. The monoisotopic (exact) mass is 240 g/mol. The minimum atomic E-state index is -0.117. The number of hydrogen-bond donors (Lipinski definition) is 0. The van der Waals surface area contributed by atoms with Gasteiger partial charge in [0.2, 0.25) is 0 Å². The lowest BCUT2D eigenvalue weighted by Crippen LogP contribution is -2.26. The fourth-order valence-corrected chi connectivity index (χ4v) is 1.67. The molecular formula is C14H12N2O2. The number of rotatable bonds is 3. The molecule has 0 saturated carbocycles. The van der Waals surface area contributed by atoms with Crippen molar-refractivity contribution < 1.29 is 9.21 Å². The molecule has 0 N–H and O–H groups in total. The Morgan fingerprint density at radius 2 is 2.28 bits per heavy atom. The van der Waals surface area contributed by atoms with Crippen molar-refractivity contribution in [1.29, 1.82) is 5.26 Å². The van der Waals surface area contributed by atoms with Gasteiger partial charge in [-0.05, 0) is 24.3 Å². The molecule has 1 aromatic carbocycles. The Morgan fingerprint density at radius 1 is 1.44 bits per heavy atom. The minimum Gasteiger partial charge on any atom is -0.472 e. The number of benzene rings is 1. The van der Waals surface area contributed by atoms with E-state index in [9.17, 15) is 4.79 Å². The molecule has 1 heterocycles. The molecule has 0 aliphatic carbocycles. The number of hydrogen-bond acceptors (Lipinski definition) is 3. The molecule has 0 saturated heterocycles. The molecule has 0 aliphatic heterocycles. The van der Waals surface area contributed by atoms with Crippen LogP contribution in [-0.4, -0.2) is 17.9 Å². The van der Waals surface area contributed by atoms with Gasteiger partial charge in [-0.1, -0.05) is 6.07 Å². The smallest absolute Gasteiger partial charge is 0.253 e. The highest BCUT2D eigenvalue weighted by molar-refractivity contribution is 5.94. The van der Waals surface area contributed by atoms with E-state index in [1.807, 2.05) is 12.1 Å². The lowest BCUT2D eigenvalue weighted by atomic mass is 10.1. The van der Waals surface area contributed by atoms with Gasteiger partial charge in [-0.2, -0.15) is 5.26 Å². The summed E-state index contributed by atoms with van der Waals surface area (Å²) in [4.78, 5) is 13.7. The summed E-state index contributed by atoms with van der Waals surface area (Å²) in [6.45, 7) is 0.478. The first-order valence-corrected chi connectivity index (χ1v) is 5.47. The molecule has 1 amide bonds. The van der Waals surface area contributed by atoms with Crippen molar-refractivity contribution in [1.82, 2.24) is 4.90 Å². The standard InChI is InChI=1S/C14H12N2O2/c1-16(9-12-5-6-18-10-12)14(17)13-4-2-3-11(7-13)8-15/h2-7,10H,9H2,1H3. The number of carbonyl (C=O) groups excluding carboxylic acids is 1. The molecule has 2 aromatic rings. The summed E-state index contributed by atoms with van der Waals surface area (Å²) >= 11 is 0. The van der Waals surface area contributed by atoms with Crippen LogP contribution in [0.2, 0.25) is 0 Å². The lowest BCUT2D eigenvalue weighted by Gasteiger charge is -2.16. The maximum atomic E-state index is 12.1. The highest BCUT2D eigenvalue weighted by Crippen LogP contribution is 2.10. The fourth-order valence-electron chi connectivity index (χ4n) is 1.67. The molecule has 0 spiro atoms. The van der Waals surface area contributed by atoms with Crippen molar-refractivity contribution >= 4 is 5.91 Å². The Balaban J connectivity index is 2.13. The SMILES string of the molecule is CN(Cc1ccoc1)C(=O)c1cccc(C#N)c1. The van der Waals surface area contributed by atoms with Crippen LogP contribution in [0.1, 0.15) is 21.5 Å². The van der Waals surface area contributed by atoms with E-state index < -0.39 is 0 Å². The third kappa shape index (κ3) is 2.58. The molecule has 0 aliphatic rings. The quantitative estimate of drug-likeness (QED) is 0.827. The van der Waals surface area contributed by atoms with Gasteiger partial charge in [-0.25, -0.2) is 0 Å². The van der Waals surface area contributed by atoms with Crippen LogP contribution >= 0.6 is 0 Å². The van der Waals surface area contributed by atoms with Crippen molar-refractivity contribution in [2.24, 2.45) is 0 Å². The highest BCUT2D eigenvalue weighted by Gasteiger charge is 2.12. The van der Waals surface area contributed by atoms with Crippen LogP contribution in [0, 0.1) is 11.3 Å². The Bertz CT molecular complexity index is 582. The van der Waals surface area contributed by atoms with Gasteiger partial charge in [-0.15, -0.1) is 0 Å². The minimum absolute atomic E-state index is 0.117. The summed E-state index contributed by atoms with van der Waals surface area (Å²) in [5.41, 5.74) is 1.93.